The lowest BCUT2D eigenvalue weighted by atomic mass is 10.1. The first kappa shape index (κ1) is 11.0. The quantitative estimate of drug-likeness (QED) is 0.732. The minimum absolute atomic E-state index is 0.461. The van der Waals surface area contributed by atoms with E-state index in [1.807, 2.05) is 0 Å². The Morgan fingerprint density at radius 1 is 1.41 bits per heavy atom. The van der Waals surface area contributed by atoms with Crippen LogP contribution in [0.5, 0.6) is 0 Å². The van der Waals surface area contributed by atoms with Gasteiger partial charge in [0.25, 0.3) is 0 Å². The molecule has 1 aromatic heterocycles. The van der Waals surface area contributed by atoms with Crippen molar-refractivity contribution in [2.24, 2.45) is 0 Å². The molecular formula is C14H20N2O. The summed E-state index contributed by atoms with van der Waals surface area (Å²) in [5, 5.41) is 0. The molecule has 1 fully saturated rings. The number of aryl methyl sites for hydroxylation is 3. The first-order valence-corrected chi connectivity index (χ1v) is 6.58. The fraction of sp³-hybridized carbons (Fsp3) is 0.643. The van der Waals surface area contributed by atoms with Crippen LogP contribution in [0.25, 0.3) is 0 Å². The summed E-state index contributed by atoms with van der Waals surface area (Å²) in [6.45, 7) is 7.38. The zero-order valence-electron chi connectivity index (χ0n) is 10.7. The topological polar surface area (TPSA) is 28.7 Å². The molecule has 0 spiro atoms. The van der Waals surface area contributed by atoms with Crippen LogP contribution >= 0.6 is 0 Å². The number of ether oxygens (including phenoxy) is 1. The molecule has 0 radical (unpaired) electrons. The van der Waals surface area contributed by atoms with Gasteiger partial charge in [-0.05, 0) is 44.7 Å². The Balaban J connectivity index is 1.94. The molecule has 0 aromatic carbocycles. The number of nitrogens with zero attached hydrogens (tertiary/aromatic N) is 2. The van der Waals surface area contributed by atoms with Crippen molar-refractivity contribution in [3.8, 4) is 0 Å². The number of pyridine rings is 1. The summed E-state index contributed by atoms with van der Waals surface area (Å²) in [6.07, 6.45) is 4.10. The summed E-state index contributed by atoms with van der Waals surface area (Å²) in [4.78, 5) is 7.24. The summed E-state index contributed by atoms with van der Waals surface area (Å²) in [7, 11) is 0. The summed E-state index contributed by atoms with van der Waals surface area (Å²) >= 11 is 0. The van der Waals surface area contributed by atoms with Gasteiger partial charge in [-0.15, -0.1) is 0 Å². The van der Waals surface area contributed by atoms with Crippen LogP contribution in [0.2, 0.25) is 0 Å². The average Bonchev–Trinajstić information content (AvgIpc) is 3.11. The monoisotopic (exact) mass is 232 g/mol. The zero-order chi connectivity index (χ0) is 11.8. The Hall–Kier alpha value is -1.09. The number of fused-ring (bicyclic) bond motifs is 1. The minimum Gasteiger partial charge on any atom is -0.371 e. The van der Waals surface area contributed by atoms with Crippen molar-refractivity contribution >= 4 is 5.69 Å². The first-order valence-electron chi connectivity index (χ1n) is 6.58. The van der Waals surface area contributed by atoms with Crippen molar-refractivity contribution in [3.05, 3.63) is 23.0 Å². The van der Waals surface area contributed by atoms with Gasteiger partial charge in [0.1, 0.15) is 0 Å². The molecular weight excluding hydrogens is 212 g/mol. The lowest BCUT2D eigenvalue weighted by Gasteiger charge is -2.24. The van der Waals surface area contributed by atoms with E-state index in [1.165, 1.54) is 35.5 Å². The second-order valence-electron chi connectivity index (χ2n) is 5.21. The van der Waals surface area contributed by atoms with E-state index in [0.29, 0.717) is 6.10 Å². The van der Waals surface area contributed by atoms with E-state index in [9.17, 15) is 0 Å². The van der Waals surface area contributed by atoms with Gasteiger partial charge in [-0.25, -0.2) is 0 Å². The van der Waals surface area contributed by atoms with Crippen molar-refractivity contribution in [3.63, 3.8) is 0 Å². The summed E-state index contributed by atoms with van der Waals surface area (Å²) in [5.74, 6) is 0. The van der Waals surface area contributed by atoms with Crippen molar-refractivity contribution in [2.75, 3.05) is 24.6 Å². The molecule has 0 unspecified atom stereocenters. The fourth-order valence-electron chi connectivity index (χ4n) is 2.52. The average molecular weight is 232 g/mol. The third-order valence-electron chi connectivity index (χ3n) is 3.78. The number of hydrogen-bond acceptors (Lipinski definition) is 3. The van der Waals surface area contributed by atoms with Gasteiger partial charge in [-0.2, -0.15) is 0 Å². The number of anilines is 1. The third kappa shape index (κ3) is 2.29. The molecule has 3 rings (SSSR count). The van der Waals surface area contributed by atoms with Gasteiger partial charge in [0.2, 0.25) is 0 Å². The Bertz CT molecular complexity index is 426. The number of hydrogen-bond donors (Lipinski definition) is 0. The normalized spacial score (nSPS) is 23.2. The van der Waals surface area contributed by atoms with Crippen LogP contribution in [0.15, 0.2) is 6.07 Å². The number of epoxide rings is 1. The van der Waals surface area contributed by atoms with Crippen molar-refractivity contribution in [1.29, 1.82) is 0 Å². The summed E-state index contributed by atoms with van der Waals surface area (Å²) in [6, 6.07) is 2.31. The van der Waals surface area contributed by atoms with Crippen LogP contribution in [-0.2, 0) is 11.2 Å². The van der Waals surface area contributed by atoms with E-state index >= 15 is 0 Å². The van der Waals surface area contributed by atoms with E-state index in [0.717, 1.165) is 26.1 Å². The van der Waals surface area contributed by atoms with Crippen LogP contribution in [0.1, 0.15) is 29.8 Å². The third-order valence-corrected chi connectivity index (χ3v) is 3.78. The van der Waals surface area contributed by atoms with Gasteiger partial charge in [0.15, 0.2) is 0 Å². The predicted octanol–water partition coefficient (Wildman–Crippen LogP) is 2.24. The molecule has 1 aromatic rings. The Labute approximate surface area is 103 Å². The molecule has 2 aliphatic rings. The van der Waals surface area contributed by atoms with Gasteiger partial charge in [-0.1, -0.05) is 0 Å². The number of aromatic nitrogens is 1. The van der Waals surface area contributed by atoms with Gasteiger partial charge in [-0.3, -0.25) is 4.98 Å². The maximum atomic E-state index is 5.36. The van der Waals surface area contributed by atoms with E-state index < -0.39 is 0 Å². The Morgan fingerprint density at radius 2 is 2.24 bits per heavy atom. The zero-order valence-corrected chi connectivity index (χ0v) is 10.7. The van der Waals surface area contributed by atoms with Crippen LogP contribution < -0.4 is 4.90 Å². The van der Waals surface area contributed by atoms with Gasteiger partial charge in [0, 0.05) is 18.8 Å². The standard InChI is InChI=1S/C14H20N2O/c1-10-7-14-13(15-11(10)2)5-3-4-6-16(14)8-12-9-17-12/h7,12H,3-6,8-9H2,1-2H3/t12-/m0/s1. The SMILES string of the molecule is Cc1cc2c(nc1C)CCCCN2C[C@H]1CO1. The highest BCUT2D eigenvalue weighted by Crippen LogP contribution is 2.28. The van der Waals surface area contributed by atoms with Crippen LogP contribution in [0, 0.1) is 13.8 Å². The molecule has 2 aliphatic heterocycles. The highest BCUT2D eigenvalue weighted by atomic mass is 16.6. The molecule has 17 heavy (non-hydrogen) atoms. The highest BCUT2D eigenvalue weighted by molar-refractivity contribution is 5.54. The first-order chi connectivity index (χ1) is 8.24. The maximum Gasteiger partial charge on any atom is 0.0984 e. The summed E-state index contributed by atoms with van der Waals surface area (Å²) < 4.78 is 5.36. The molecule has 3 heterocycles. The predicted molar refractivity (Wildman–Crippen MR) is 68.6 cm³/mol. The fourth-order valence-corrected chi connectivity index (χ4v) is 2.52. The molecule has 3 heteroatoms. The molecule has 0 N–H and O–H groups in total. The lowest BCUT2D eigenvalue weighted by Crippen LogP contribution is -2.29. The van der Waals surface area contributed by atoms with Gasteiger partial charge >= 0.3 is 0 Å². The highest BCUT2D eigenvalue weighted by Gasteiger charge is 2.27. The Morgan fingerprint density at radius 3 is 3.00 bits per heavy atom. The second-order valence-corrected chi connectivity index (χ2v) is 5.21. The van der Waals surface area contributed by atoms with E-state index in [4.69, 9.17) is 9.72 Å². The van der Waals surface area contributed by atoms with Crippen molar-refractivity contribution in [1.82, 2.24) is 4.98 Å². The largest absolute Gasteiger partial charge is 0.371 e. The maximum absolute atomic E-state index is 5.36. The van der Waals surface area contributed by atoms with E-state index in [-0.39, 0.29) is 0 Å². The number of rotatable bonds is 2. The van der Waals surface area contributed by atoms with Crippen molar-refractivity contribution in [2.45, 2.75) is 39.2 Å². The second kappa shape index (κ2) is 4.30. The molecule has 3 nitrogen and oxygen atoms in total. The molecule has 0 amide bonds. The Kier molecular flexibility index (Phi) is 2.79. The molecule has 0 bridgehead atoms. The molecule has 0 saturated carbocycles. The molecule has 92 valence electrons. The van der Waals surface area contributed by atoms with E-state index in [1.54, 1.807) is 0 Å². The minimum atomic E-state index is 0.461. The lowest BCUT2D eigenvalue weighted by molar-refractivity contribution is 0.407. The van der Waals surface area contributed by atoms with E-state index in [2.05, 4.69) is 24.8 Å². The van der Waals surface area contributed by atoms with Gasteiger partial charge in [0.05, 0.1) is 24.1 Å². The van der Waals surface area contributed by atoms with Crippen LogP contribution in [0.4, 0.5) is 5.69 Å². The van der Waals surface area contributed by atoms with Crippen LogP contribution in [-0.4, -0.2) is 30.8 Å². The molecule has 0 aliphatic carbocycles. The smallest absolute Gasteiger partial charge is 0.0984 e. The van der Waals surface area contributed by atoms with Crippen LogP contribution in [0.3, 0.4) is 0 Å². The molecule has 1 atom stereocenters. The summed E-state index contributed by atoms with van der Waals surface area (Å²) in [5.41, 5.74) is 5.10. The van der Waals surface area contributed by atoms with Crippen molar-refractivity contribution < 1.29 is 4.74 Å². The molecule has 1 saturated heterocycles. The van der Waals surface area contributed by atoms with Gasteiger partial charge < -0.3 is 9.64 Å².